The van der Waals surface area contributed by atoms with Crippen molar-refractivity contribution < 1.29 is 32.5 Å². The minimum Gasteiger partial charge on any atom is -0.185 e. The molecule has 0 saturated heterocycles. The van der Waals surface area contributed by atoms with E-state index in [1.165, 1.54) is 25.0 Å². The fraction of sp³-hybridized carbons (Fsp3) is 0.400. The molecule has 1 aromatic carbocycles. The third-order valence-electron chi connectivity index (χ3n) is 3.42. The Bertz CT molecular complexity index is 719. The van der Waals surface area contributed by atoms with E-state index in [-0.39, 0.29) is 0 Å². The second-order valence-electron chi connectivity index (χ2n) is 5.46. The molecule has 1 aliphatic carbocycles. The molecule has 0 spiro atoms. The van der Waals surface area contributed by atoms with E-state index < -0.39 is 11.7 Å². The molecule has 9 heteroatoms. The molecule has 2 aromatic rings. The van der Waals surface area contributed by atoms with E-state index in [0.717, 1.165) is 27.5 Å². The van der Waals surface area contributed by atoms with Crippen LogP contribution < -0.4 is 0 Å². The van der Waals surface area contributed by atoms with Crippen molar-refractivity contribution in [3.63, 3.8) is 0 Å². The monoisotopic (exact) mass is 744 g/mol. The molecule has 0 unspecified atom stereocenters. The summed E-state index contributed by atoms with van der Waals surface area (Å²) in [7, 11) is 1.92. The quantitative estimate of drug-likeness (QED) is 0.315. The van der Waals surface area contributed by atoms with E-state index in [2.05, 4.69) is 66.4 Å². The number of aryl methyl sites for hydroxylation is 1. The molecule has 1 saturated carbocycles. The summed E-state index contributed by atoms with van der Waals surface area (Å²) in [4.78, 5) is 0. The zero-order valence-electron chi connectivity index (χ0n) is 12.7. The van der Waals surface area contributed by atoms with Crippen molar-refractivity contribution in [2.45, 2.75) is 31.6 Å². The summed E-state index contributed by atoms with van der Waals surface area (Å²) in [5.74, 6) is 0. The van der Waals surface area contributed by atoms with Gasteiger partial charge in [-0.25, -0.2) is 0 Å². The molecule has 3 rings (SSSR count). The number of hydrogen-bond acceptors (Lipinski definition) is 1. The molecule has 0 N–H and O–H groups in total. The van der Waals surface area contributed by atoms with Crippen LogP contribution in [0, 0.1) is 3.80 Å². The van der Waals surface area contributed by atoms with Crippen LogP contribution >= 0.6 is 45.7 Å². The molecule has 0 aliphatic heterocycles. The molecular formula is C15H16F3I2N3Pt. The van der Waals surface area contributed by atoms with Gasteiger partial charge in [0.25, 0.3) is 0 Å². The van der Waals surface area contributed by atoms with E-state index in [0.29, 0.717) is 6.54 Å². The molecule has 0 bridgehead atoms. The standard InChI is InChI=1S/C12H11F3N2.C3H5I2N.Pt/c1-16-6-7-17(9-16)8-10-2-4-11(5-3-10)12(13,14)15;4-6(5)3-1-2-3;/h2-7H,8H2,1H3;3H,1-2H2;. The fourth-order valence-corrected chi connectivity index (χ4v) is 3.51. The van der Waals surface area contributed by atoms with Gasteiger partial charge in [-0.05, 0) is 12.8 Å². The Balaban J connectivity index is 0.000000292. The van der Waals surface area contributed by atoms with Crippen LogP contribution in [-0.2, 0) is 39.1 Å². The van der Waals surface area contributed by atoms with Gasteiger partial charge in [-0.1, -0.05) is 0 Å². The predicted molar refractivity (Wildman–Crippen MR) is 100 cm³/mol. The third kappa shape index (κ3) is 6.25. The number of benzene rings is 1. The van der Waals surface area contributed by atoms with E-state index in [1.807, 2.05) is 28.6 Å². The van der Waals surface area contributed by atoms with Gasteiger partial charge in [-0.2, -0.15) is 1.33 Å². The van der Waals surface area contributed by atoms with Crippen molar-refractivity contribution in [2.75, 3.05) is 0 Å². The van der Waals surface area contributed by atoms with E-state index >= 15 is 0 Å². The van der Waals surface area contributed by atoms with Gasteiger partial charge < -0.3 is 0 Å². The summed E-state index contributed by atoms with van der Waals surface area (Å²) < 4.78 is 44.4. The molecule has 1 aliphatic rings. The number of rotatable bonds is 3. The molecule has 136 valence electrons. The van der Waals surface area contributed by atoms with Gasteiger partial charge in [0.15, 0.2) is 0 Å². The van der Waals surface area contributed by atoms with Gasteiger partial charge in [-0.15, -0.1) is 0 Å². The van der Waals surface area contributed by atoms with Crippen LogP contribution in [0.2, 0.25) is 0 Å². The van der Waals surface area contributed by atoms with Gasteiger partial charge in [0.2, 0.25) is 0 Å². The molecule has 0 amide bonds. The molecule has 1 heterocycles. The molecule has 1 fully saturated rings. The number of imidazole rings is 1. The zero-order chi connectivity index (χ0) is 17.9. The Kier molecular flexibility index (Phi) is 7.58. The van der Waals surface area contributed by atoms with Crippen LogP contribution in [-0.4, -0.2) is 16.5 Å². The van der Waals surface area contributed by atoms with Crippen molar-refractivity contribution in [3.05, 3.63) is 51.6 Å². The summed E-state index contributed by atoms with van der Waals surface area (Å²) in [5.41, 5.74) is 0.233. The number of nitrogens with zero attached hydrogens (tertiary/aromatic N) is 3. The van der Waals surface area contributed by atoms with Gasteiger partial charge in [0, 0.05) is 51.8 Å². The second-order valence-corrected chi connectivity index (χ2v) is 10.4. The van der Waals surface area contributed by atoms with Crippen molar-refractivity contribution in [2.24, 2.45) is 7.05 Å². The fourth-order valence-electron chi connectivity index (χ4n) is 1.88. The summed E-state index contributed by atoms with van der Waals surface area (Å²) in [5, 5.41) is 0. The molecular weight excluding hydrogens is 728 g/mol. The van der Waals surface area contributed by atoms with Crippen molar-refractivity contribution in [1.82, 2.24) is 10.5 Å². The SMILES string of the molecule is Cn1ccn(Cc2ccc(C(F)(F)F)cc2)[c]1=[Pt].IN(I)C1CC1. The number of hydrogen-bond donors (Lipinski definition) is 0. The maximum Gasteiger partial charge on any atom is 0.0311 e. The molecule has 24 heavy (non-hydrogen) atoms. The number of aromatic nitrogens is 2. The largest absolute Gasteiger partial charge is 0.185 e. The maximum atomic E-state index is 12.4. The topological polar surface area (TPSA) is 13.1 Å². The molecule has 1 aromatic heterocycles. The normalized spacial score (nSPS) is 14.5. The first-order valence-corrected chi connectivity index (χ1v) is 10.2. The molecule has 0 radical (unpaired) electrons. The van der Waals surface area contributed by atoms with Crippen LogP contribution in [0.1, 0.15) is 24.0 Å². The van der Waals surface area contributed by atoms with Crippen molar-refractivity contribution in [1.29, 1.82) is 0 Å². The van der Waals surface area contributed by atoms with E-state index in [4.69, 9.17) is 0 Å². The van der Waals surface area contributed by atoms with E-state index in [9.17, 15) is 13.2 Å². The average Bonchev–Trinajstić information content (AvgIpc) is 3.31. The van der Waals surface area contributed by atoms with Gasteiger partial charge in [0.1, 0.15) is 0 Å². The Morgan fingerprint density at radius 1 is 1.17 bits per heavy atom. The Morgan fingerprint density at radius 3 is 2.08 bits per heavy atom. The molecule has 0 atom stereocenters. The summed E-state index contributed by atoms with van der Waals surface area (Å²) in [6, 6.07) is 6.17. The van der Waals surface area contributed by atoms with Crippen molar-refractivity contribution in [3.8, 4) is 0 Å². The number of alkyl halides is 3. The average molecular weight is 744 g/mol. The summed E-state index contributed by atoms with van der Waals surface area (Å²) >= 11 is 6.81. The van der Waals surface area contributed by atoms with Crippen molar-refractivity contribution >= 4 is 45.7 Å². The van der Waals surface area contributed by atoms with Gasteiger partial charge in [0.05, 0.1) is 0 Å². The van der Waals surface area contributed by atoms with Crippen LogP contribution in [0.15, 0.2) is 36.7 Å². The van der Waals surface area contributed by atoms with Gasteiger partial charge >= 0.3 is 113 Å². The maximum absolute atomic E-state index is 12.4. The first kappa shape index (κ1) is 20.6. The van der Waals surface area contributed by atoms with Crippen LogP contribution in [0.25, 0.3) is 0 Å². The molecule has 3 nitrogen and oxygen atoms in total. The Labute approximate surface area is 177 Å². The first-order chi connectivity index (χ1) is 11.2. The smallest absolute Gasteiger partial charge is 0.0311 e. The summed E-state index contributed by atoms with van der Waals surface area (Å²) in [6.45, 7) is 0.567. The summed E-state index contributed by atoms with van der Waals surface area (Å²) in [6.07, 6.45) is 2.36. The minimum atomic E-state index is -4.27. The zero-order valence-corrected chi connectivity index (χ0v) is 19.3. The van der Waals surface area contributed by atoms with Crippen LogP contribution in [0.5, 0.6) is 0 Å². The third-order valence-corrected chi connectivity index (χ3v) is 6.45. The van der Waals surface area contributed by atoms with E-state index in [1.54, 1.807) is 0 Å². The van der Waals surface area contributed by atoms with Crippen LogP contribution in [0.3, 0.4) is 0 Å². The number of halogens is 5. The minimum absolute atomic E-state index is 0.567. The van der Waals surface area contributed by atoms with Gasteiger partial charge in [-0.3, -0.25) is 0 Å². The second kappa shape index (κ2) is 8.81. The first-order valence-electron chi connectivity index (χ1n) is 7.12. The Hall–Kier alpha value is 0.328. The Morgan fingerprint density at radius 2 is 1.75 bits per heavy atom. The predicted octanol–water partition coefficient (Wildman–Crippen LogP) is 5.12. The van der Waals surface area contributed by atoms with Crippen LogP contribution in [0.4, 0.5) is 13.2 Å².